The van der Waals surface area contributed by atoms with Crippen molar-refractivity contribution in [1.29, 1.82) is 0 Å². The molecule has 3 N–H and O–H groups in total. The molecule has 1 aliphatic carbocycles. The molecule has 0 radical (unpaired) electrons. The number of amides is 1. The Bertz CT molecular complexity index is 1570. The lowest BCUT2D eigenvalue weighted by molar-refractivity contribution is -0.117. The van der Waals surface area contributed by atoms with Crippen LogP contribution in [0.3, 0.4) is 0 Å². The molecule has 10 heteroatoms. The monoisotopic (exact) mass is 505 g/mol. The van der Waals surface area contributed by atoms with E-state index >= 15 is 0 Å². The summed E-state index contributed by atoms with van der Waals surface area (Å²) in [5, 5.41) is 14.9. The average Bonchev–Trinajstić information content (AvgIpc) is 3.71. The van der Waals surface area contributed by atoms with Crippen molar-refractivity contribution in [2.75, 3.05) is 11.9 Å². The topological polar surface area (TPSA) is 133 Å². The quantitative estimate of drug-likeness (QED) is 0.363. The van der Waals surface area contributed by atoms with Crippen molar-refractivity contribution >= 4 is 40.3 Å². The second kappa shape index (κ2) is 10.3. The van der Waals surface area contributed by atoms with Crippen LogP contribution >= 0.6 is 0 Å². The second-order valence-corrected chi connectivity index (χ2v) is 9.41. The number of aromatic nitrogens is 5. The minimum absolute atomic E-state index is 0.0152. The van der Waals surface area contributed by atoms with Gasteiger partial charge in [0.25, 0.3) is 0 Å². The summed E-state index contributed by atoms with van der Waals surface area (Å²) in [7, 11) is 0. The van der Waals surface area contributed by atoms with Gasteiger partial charge in [-0.3, -0.25) is 29.8 Å². The Morgan fingerprint density at radius 1 is 1.11 bits per heavy atom. The number of carbonyl (C=O) groups excluding carboxylic acids is 1. The Kier molecular flexibility index (Phi) is 6.43. The highest BCUT2D eigenvalue weighted by Crippen LogP contribution is 2.31. The van der Waals surface area contributed by atoms with Crippen molar-refractivity contribution < 1.29 is 4.79 Å². The van der Waals surface area contributed by atoms with Crippen molar-refractivity contribution in [3.8, 4) is 11.1 Å². The fourth-order valence-electron chi connectivity index (χ4n) is 4.25. The van der Waals surface area contributed by atoms with Crippen molar-refractivity contribution in [2.45, 2.75) is 32.2 Å². The third-order valence-corrected chi connectivity index (χ3v) is 6.59. The van der Waals surface area contributed by atoms with Crippen LogP contribution < -0.4 is 10.6 Å². The van der Waals surface area contributed by atoms with Crippen molar-refractivity contribution in [3.63, 3.8) is 0 Å². The number of hydrogen-bond acceptors (Lipinski definition) is 8. The van der Waals surface area contributed by atoms with Crippen LogP contribution in [0, 0.1) is 5.92 Å². The van der Waals surface area contributed by atoms with Gasteiger partial charge in [-0.15, -0.1) is 0 Å². The number of fused-ring (bicyclic) bond motifs is 1. The van der Waals surface area contributed by atoms with Crippen LogP contribution in [0.1, 0.15) is 37.6 Å². The van der Waals surface area contributed by atoms with Crippen LogP contribution in [0.4, 0.5) is 5.69 Å². The number of nitrogens with zero attached hydrogens (tertiary/aromatic N) is 6. The highest BCUT2D eigenvalue weighted by atomic mass is 16.2. The number of aromatic amines is 1. The number of nitrogens with one attached hydrogen (secondary N) is 3. The van der Waals surface area contributed by atoms with Gasteiger partial charge in [0.2, 0.25) is 5.91 Å². The predicted molar refractivity (Wildman–Crippen MR) is 148 cm³/mol. The summed E-state index contributed by atoms with van der Waals surface area (Å²) in [6.07, 6.45) is 13.4. The summed E-state index contributed by atoms with van der Waals surface area (Å²) >= 11 is 0. The second-order valence-electron chi connectivity index (χ2n) is 9.41. The Balaban J connectivity index is 1.35. The van der Waals surface area contributed by atoms with E-state index in [0.717, 1.165) is 52.7 Å². The van der Waals surface area contributed by atoms with E-state index in [4.69, 9.17) is 4.99 Å². The third kappa shape index (κ3) is 5.06. The van der Waals surface area contributed by atoms with Gasteiger partial charge in [0.1, 0.15) is 11.5 Å². The van der Waals surface area contributed by atoms with Gasteiger partial charge in [0, 0.05) is 53.6 Å². The van der Waals surface area contributed by atoms with Crippen molar-refractivity contribution in [3.05, 3.63) is 72.7 Å². The maximum atomic E-state index is 12.2. The summed E-state index contributed by atoms with van der Waals surface area (Å²) in [6, 6.07) is 9.72. The van der Waals surface area contributed by atoms with Gasteiger partial charge in [-0.05, 0) is 43.5 Å². The number of carbonyl (C=O) groups is 1. The molecule has 190 valence electrons. The van der Waals surface area contributed by atoms with Crippen LogP contribution in [0.15, 0.2) is 71.3 Å². The summed E-state index contributed by atoms with van der Waals surface area (Å²) < 4.78 is 0. The Hall–Kier alpha value is -4.73. The number of rotatable bonds is 6. The summed E-state index contributed by atoms with van der Waals surface area (Å²) in [5.74, 6) is 0.848. The lowest BCUT2D eigenvalue weighted by atomic mass is 10.1. The zero-order valence-electron chi connectivity index (χ0n) is 20.9. The highest BCUT2D eigenvalue weighted by molar-refractivity contribution is 6.08. The Morgan fingerprint density at radius 2 is 2.00 bits per heavy atom. The molecular weight excluding hydrogens is 478 g/mol. The van der Waals surface area contributed by atoms with E-state index in [9.17, 15) is 4.79 Å². The number of hydrogen-bond donors (Lipinski definition) is 3. The average molecular weight is 506 g/mol. The molecule has 0 spiro atoms. The van der Waals surface area contributed by atoms with E-state index in [1.54, 1.807) is 24.8 Å². The number of anilines is 1. The molecule has 0 bridgehead atoms. The molecule has 1 saturated carbocycles. The lowest BCUT2D eigenvalue weighted by Crippen LogP contribution is -2.36. The van der Waals surface area contributed by atoms with Crippen LogP contribution in [-0.4, -0.2) is 55.7 Å². The minimum Gasteiger partial charge on any atom is -0.361 e. The minimum atomic E-state index is -0.0152. The van der Waals surface area contributed by atoms with Crippen LogP contribution in [0.25, 0.3) is 27.7 Å². The number of pyridine rings is 3. The maximum absolute atomic E-state index is 12.2. The molecule has 0 saturated heterocycles. The van der Waals surface area contributed by atoms with Gasteiger partial charge in [-0.25, -0.2) is 4.98 Å². The van der Waals surface area contributed by atoms with E-state index in [1.807, 2.05) is 42.7 Å². The molecule has 5 heterocycles. The smallest absolute Gasteiger partial charge is 0.227 e. The van der Waals surface area contributed by atoms with E-state index in [0.29, 0.717) is 23.7 Å². The third-order valence-electron chi connectivity index (χ3n) is 6.59. The molecular formula is C28H27N9O. The first-order chi connectivity index (χ1) is 18.7. The first kappa shape index (κ1) is 23.7. The highest BCUT2D eigenvalue weighted by Gasteiger charge is 2.29. The lowest BCUT2D eigenvalue weighted by Gasteiger charge is -2.15. The first-order valence-electron chi connectivity index (χ1n) is 12.7. The molecule has 0 aromatic carbocycles. The van der Waals surface area contributed by atoms with Crippen LogP contribution in [0.5, 0.6) is 0 Å². The van der Waals surface area contributed by atoms with Crippen molar-refractivity contribution in [1.82, 2.24) is 30.5 Å². The first-order valence-corrected chi connectivity index (χ1v) is 12.7. The fourth-order valence-corrected chi connectivity index (χ4v) is 4.25. The molecule has 2 aliphatic rings. The SMILES string of the molecule is CCC1C=N/C=C(/c2ccccn2)CN=C(c2[nH]nc3ncc(-c4cncc(NC(=O)C5CC5)c4)cc23)N1. The number of aliphatic imine (C=N–C) groups is 2. The van der Waals surface area contributed by atoms with Gasteiger partial charge in [-0.2, -0.15) is 5.10 Å². The number of H-pyrrole nitrogens is 1. The Morgan fingerprint density at radius 3 is 2.82 bits per heavy atom. The predicted octanol–water partition coefficient (Wildman–Crippen LogP) is 4.00. The molecule has 10 nitrogen and oxygen atoms in total. The van der Waals surface area contributed by atoms with E-state index in [-0.39, 0.29) is 17.9 Å². The van der Waals surface area contributed by atoms with Crippen molar-refractivity contribution in [2.24, 2.45) is 15.9 Å². The molecule has 4 aromatic heterocycles. The summed E-state index contributed by atoms with van der Waals surface area (Å²) in [6.45, 7) is 2.49. The van der Waals surface area contributed by atoms with E-state index in [1.165, 1.54) is 0 Å². The molecule has 4 aromatic rings. The molecule has 6 rings (SSSR count). The zero-order valence-corrected chi connectivity index (χ0v) is 20.9. The van der Waals surface area contributed by atoms with Gasteiger partial charge in [-0.1, -0.05) is 13.0 Å². The van der Waals surface area contributed by atoms with E-state index < -0.39 is 0 Å². The largest absolute Gasteiger partial charge is 0.361 e. The summed E-state index contributed by atoms with van der Waals surface area (Å²) in [4.78, 5) is 35.1. The van der Waals surface area contributed by atoms with Gasteiger partial charge in [0.15, 0.2) is 5.65 Å². The van der Waals surface area contributed by atoms with Gasteiger partial charge in [0.05, 0.1) is 35.6 Å². The maximum Gasteiger partial charge on any atom is 0.227 e. The number of amidine groups is 1. The summed E-state index contributed by atoms with van der Waals surface area (Å²) in [5.41, 5.74) is 5.47. The van der Waals surface area contributed by atoms with Crippen LogP contribution in [0.2, 0.25) is 0 Å². The van der Waals surface area contributed by atoms with Gasteiger partial charge < -0.3 is 10.6 Å². The zero-order chi connectivity index (χ0) is 25.9. The van der Waals surface area contributed by atoms with Gasteiger partial charge >= 0.3 is 0 Å². The fraction of sp³-hybridized carbons (Fsp3) is 0.250. The molecule has 1 atom stereocenters. The standard InChI is InChI=1S/C28H27N9O/c1-2-21-15-30-12-20(24-5-3-4-8-31-24)14-33-27(34-21)25-23-10-19(13-32-26(23)37-36-25)18-9-22(16-29-11-18)35-28(38)17-6-7-17/h3-5,8-13,15-17,21H,2,6-7,14H2,1H3,(H,33,34)(H,35,38)(H,32,36,37)/b20-12+,30-15?. The molecule has 1 aliphatic heterocycles. The molecule has 38 heavy (non-hydrogen) atoms. The van der Waals surface area contributed by atoms with E-state index in [2.05, 4.69) is 47.7 Å². The van der Waals surface area contributed by atoms with Crippen LogP contribution in [-0.2, 0) is 4.79 Å². The molecule has 1 amide bonds. The Labute approximate surface area is 219 Å². The normalized spacial score (nSPS) is 18.9. The molecule has 1 fully saturated rings. The molecule has 1 unspecified atom stereocenters.